The first-order valence-electron chi connectivity index (χ1n) is 5.70. The number of rotatable bonds is 4. The van der Waals surface area contributed by atoms with E-state index in [4.69, 9.17) is 10.5 Å². The first-order valence-corrected chi connectivity index (χ1v) is 6.52. The van der Waals surface area contributed by atoms with Gasteiger partial charge in [-0.2, -0.15) is 0 Å². The van der Waals surface area contributed by atoms with Crippen LogP contribution >= 0.6 is 11.8 Å². The Bertz CT molecular complexity index is 597. The molecule has 0 amide bonds. The normalized spacial score (nSPS) is 10.4. The Kier molecular flexibility index (Phi) is 4.06. The molecule has 0 aliphatic carbocycles. The maximum absolute atomic E-state index is 11.7. The van der Waals surface area contributed by atoms with Crippen molar-refractivity contribution in [1.82, 2.24) is 14.8 Å². The van der Waals surface area contributed by atoms with Gasteiger partial charge in [-0.05, 0) is 36.9 Å². The number of nitrogens with two attached hydrogens (primary N) is 1. The van der Waals surface area contributed by atoms with E-state index in [2.05, 4.69) is 10.2 Å². The monoisotopic (exact) mass is 278 g/mol. The van der Waals surface area contributed by atoms with Crippen molar-refractivity contribution in [2.45, 2.75) is 17.0 Å². The fourth-order valence-corrected chi connectivity index (χ4v) is 2.28. The molecule has 100 valence electrons. The lowest BCUT2D eigenvalue weighted by molar-refractivity contribution is 0.0526. The van der Waals surface area contributed by atoms with Crippen molar-refractivity contribution in [3.8, 4) is 0 Å². The molecule has 0 unspecified atom stereocenters. The summed E-state index contributed by atoms with van der Waals surface area (Å²) < 4.78 is 6.74. The third-order valence-electron chi connectivity index (χ3n) is 2.40. The molecule has 0 bridgehead atoms. The van der Waals surface area contributed by atoms with Gasteiger partial charge in [0.25, 0.3) is 0 Å². The molecule has 7 heteroatoms. The van der Waals surface area contributed by atoms with Crippen molar-refractivity contribution in [3.05, 3.63) is 30.1 Å². The predicted octanol–water partition coefficient (Wildman–Crippen LogP) is 1.73. The van der Waals surface area contributed by atoms with Crippen LogP contribution in [-0.2, 0) is 11.8 Å². The van der Waals surface area contributed by atoms with Gasteiger partial charge in [-0.1, -0.05) is 0 Å². The molecule has 1 aromatic carbocycles. The standard InChI is InChI=1S/C12H14N4O2S/c1-3-18-11(17)8-4-5-9(13)10(6-8)19-12-15-14-7-16(12)2/h4-7H,3,13H2,1-2H3. The number of esters is 1. The van der Waals surface area contributed by atoms with Crippen molar-refractivity contribution in [1.29, 1.82) is 0 Å². The lowest BCUT2D eigenvalue weighted by Crippen LogP contribution is -2.05. The Balaban J connectivity index is 2.27. The number of benzene rings is 1. The quantitative estimate of drug-likeness (QED) is 0.677. The highest BCUT2D eigenvalue weighted by atomic mass is 32.2. The van der Waals surface area contributed by atoms with Gasteiger partial charge >= 0.3 is 5.97 Å². The molecule has 1 heterocycles. The van der Waals surface area contributed by atoms with Gasteiger partial charge in [0.2, 0.25) is 0 Å². The van der Waals surface area contributed by atoms with E-state index >= 15 is 0 Å². The van der Waals surface area contributed by atoms with Gasteiger partial charge in [0.15, 0.2) is 5.16 Å². The fourth-order valence-electron chi connectivity index (χ4n) is 1.43. The summed E-state index contributed by atoms with van der Waals surface area (Å²) in [7, 11) is 1.84. The Morgan fingerprint density at radius 2 is 2.32 bits per heavy atom. The van der Waals surface area contributed by atoms with E-state index in [1.54, 1.807) is 36.0 Å². The second-order valence-corrected chi connectivity index (χ2v) is 4.81. The van der Waals surface area contributed by atoms with Crippen LogP contribution in [0, 0.1) is 0 Å². The topological polar surface area (TPSA) is 83.0 Å². The van der Waals surface area contributed by atoms with Crippen LogP contribution in [0.15, 0.2) is 34.6 Å². The van der Waals surface area contributed by atoms with Crippen LogP contribution in [0.1, 0.15) is 17.3 Å². The van der Waals surface area contributed by atoms with E-state index in [1.807, 2.05) is 7.05 Å². The molecule has 2 aromatic rings. The average molecular weight is 278 g/mol. The molecule has 0 spiro atoms. The summed E-state index contributed by atoms with van der Waals surface area (Å²) in [6.45, 7) is 2.11. The lowest BCUT2D eigenvalue weighted by Gasteiger charge is -2.07. The molecular formula is C12H14N4O2S. The number of aryl methyl sites for hydroxylation is 1. The van der Waals surface area contributed by atoms with Gasteiger partial charge in [0, 0.05) is 17.6 Å². The van der Waals surface area contributed by atoms with Crippen LogP contribution < -0.4 is 5.73 Å². The highest BCUT2D eigenvalue weighted by Gasteiger charge is 2.12. The fraction of sp³-hybridized carbons (Fsp3) is 0.250. The maximum Gasteiger partial charge on any atom is 0.338 e. The van der Waals surface area contributed by atoms with Gasteiger partial charge in [0.05, 0.1) is 12.2 Å². The van der Waals surface area contributed by atoms with Crippen molar-refractivity contribution in [3.63, 3.8) is 0 Å². The highest BCUT2D eigenvalue weighted by molar-refractivity contribution is 7.99. The molecular weight excluding hydrogens is 264 g/mol. The number of nitrogens with zero attached hydrogens (tertiary/aromatic N) is 3. The van der Waals surface area contributed by atoms with Crippen LogP contribution in [0.4, 0.5) is 5.69 Å². The molecule has 0 fully saturated rings. The Morgan fingerprint density at radius 3 is 2.95 bits per heavy atom. The largest absolute Gasteiger partial charge is 0.462 e. The number of hydrogen-bond acceptors (Lipinski definition) is 6. The van der Waals surface area contributed by atoms with Gasteiger partial charge in [-0.15, -0.1) is 10.2 Å². The maximum atomic E-state index is 11.7. The molecule has 2 N–H and O–H groups in total. The van der Waals surface area contributed by atoms with Crippen molar-refractivity contribution < 1.29 is 9.53 Å². The van der Waals surface area contributed by atoms with Crippen molar-refractivity contribution in [2.75, 3.05) is 12.3 Å². The van der Waals surface area contributed by atoms with E-state index in [1.165, 1.54) is 11.8 Å². The van der Waals surface area contributed by atoms with E-state index in [0.29, 0.717) is 23.0 Å². The van der Waals surface area contributed by atoms with Crippen LogP contribution in [-0.4, -0.2) is 27.3 Å². The number of hydrogen-bond donors (Lipinski definition) is 1. The van der Waals surface area contributed by atoms with Crippen LogP contribution in [0.2, 0.25) is 0 Å². The zero-order valence-corrected chi connectivity index (χ0v) is 11.5. The third-order valence-corrected chi connectivity index (χ3v) is 3.52. The zero-order chi connectivity index (χ0) is 13.8. The Labute approximate surface area is 115 Å². The molecule has 2 rings (SSSR count). The first kappa shape index (κ1) is 13.4. The first-order chi connectivity index (χ1) is 9.11. The minimum absolute atomic E-state index is 0.342. The number of carbonyl (C=O) groups excluding carboxylic acids is 1. The average Bonchev–Trinajstić information content (AvgIpc) is 2.78. The van der Waals surface area contributed by atoms with E-state index in [9.17, 15) is 4.79 Å². The molecule has 0 saturated carbocycles. The second-order valence-electron chi connectivity index (χ2n) is 3.80. The summed E-state index contributed by atoms with van der Waals surface area (Å²) in [5.41, 5.74) is 6.96. The number of ether oxygens (including phenoxy) is 1. The minimum atomic E-state index is -0.359. The van der Waals surface area contributed by atoms with E-state index in [0.717, 1.165) is 4.90 Å². The number of nitrogen functional groups attached to an aromatic ring is 1. The molecule has 6 nitrogen and oxygen atoms in total. The number of aromatic nitrogens is 3. The highest BCUT2D eigenvalue weighted by Crippen LogP contribution is 2.31. The molecule has 19 heavy (non-hydrogen) atoms. The van der Waals surface area contributed by atoms with E-state index < -0.39 is 0 Å². The second kappa shape index (κ2) is 5.75. The van der Waals surface area contributed by atoms with Crippen LogP contribution in [0.3, 0.4) is 0 Å². The predicted molar refractivity (Wildman–Crippen MR) is 71.9 cm³/mol. The van der Waals surface area contributed by atoms with Gasteiger partial charge in [-0.3, -0.25) is 0 Å². The van der Waals surface area contributed by atoms with Gasteiger partial charge in [-0.25, -0.2) is 4.79 Å². The third kappa shape index (κ3) is 3.05. The molecule has 0 atom stereocenters. The zero-order valence-electron chi connectivity index (χ0n) is 10.7. The summed E-state index contributed by atoms with van der Waals surface area (Å²) in [6.07, 6.45) is 1.60. The number of carbonyl (C=O) groups is 1. The smallest absolute Gasteiger partial charge is 0.338 e. The molecule has 0 saturated heterocycles. The molecule has 0 aliphatic rings. The van der Waals surface area contributed by atoms with Crippen LogP contribution in [0.25, 0.3) is 0 Å². The van der Waals surface area contributed by atoms with Crippen molar-refractivity contribution >= 4 is 23.4 Å². The Morgan fingerprint density at radius 1 is 1.53 bits per heavy atom. The summed E-state index contributed by atoms with van der Waals surface area (Å²) in [5.74, 6) is -0.359. The molecule has 0 radical (unpaired) electrons. The van der Waals surface area contributed by atoms with Gasteiger partial charge < -0.3 is 15.0 Å². The molecule has 0 aliphatic heterocycles. The Hall–Kier alpha value is -2.02. The summed E-state index contributed by atoms with van der Waals surface area (Å²) in [4.78, 5) is 12.4. The van der Waals surface area contributed by atoms with Gasteiger partial charge in [0.1, 0.15) is 6.33 Å². The van der Waals surface area contributed by atoms with Crippen molar-refractivity contribution in [2.24, 2.45) is 7.05 Å². The minimum Gasteiger partial charge on any atom is -0.462 e. The molecule has 1 aromatic heterocycles. The van der Waals surface area contributed by atoms with E-state index in [-0.39, 0.29) is 5.97 Å². The summed E-state index contributed by atoms with van der Waals surface area (Å²) in [5, 5.41) is 8.46. The van der Waals surface area contributed by atoms with Crippen LogP contribution in [0.5, 0.6) is 0 Å². The summed E-state index contributed by atoms with van der Waals surface area (Å²) in [6, 6.07) is 5.03. The lowest BCUT2D eigenvalue weighted by atomic mass is 10.2. The summed E-state index contributed by atoms with van der Waals surface area (Å²) >= 11 is 1.35. The number of anilines is 1. The SMILES string of the molecule is CCOC(=O)c1ccc(N)c(Sc2nncn2C)c1.